The summed E-state index contributed by atoms with van der Waals surface area (Å²) in [6.07, 6.45) is 2.99. The Balaban J connectivity index is 1.43. The van der Waals surface area contributed by atoms with Crippen molar-refractivity contribution in [1.82, 2.24) is 15.8 Å². The van der Waals surface area contributed by atoms with Crippen LogP contribution in [0, 0.1) is 11.7 Å². The number of likely N-dealkylation sites (tertiary alicyclic amines) is 1. The Bertz CT molecular complexity index is 826. The van der Waals surface area contributed by atoms with E-state index < -0.39 is 0 Å². The molecule has 28 heavy (non-hydrogen) atoms. The topological polar surface area (TPSA) is 44.4 Å². The second kappa shape index (κ2) is 8.52. The molecule has 3 unspecified atom stereocenters. The fraction of sp³-hybridized carbons (Fsp3) is 0.435. The SMILES string of the molecule is CC1CC(CN2CCCC(C(=O)c3ccc(-c4ccccc4)c(F)c3)C2)NN1. The Morgan fingerprint density at radius 3 is 2.71 bits per heavy atom. The van der Waals surface area contributed by atoms with Gasteiger partial charge in [-0.3, -0.25) is 15.6 Å². The van der Waals surface area contributed by atoms with Crippen molar-refractivity contribution in [3.05, 3.63) is 59.9 Å². The number of hydrogen-bond donors (Lipinski definition) is 2. The van der Waals surface area contributed by atoms with E-state index in [-0.39, 0.29) is 17.5 Å². The molecule has 2 aromatic carbocycles. The summed E-state index contributed by atoms with van der Waals surface area (Å²) in [4.78, 5) is 15.4. The minimum Gasteiger partial charge on any atom is -0.301 e. The average molecular weight is 381 g/mol. The van der Waals surface area contributed by atoms with E-state index in [2.05, 4.69) is 22.7 Å². The van der Waals surface area contributed by atoms with Gasteiger partial charge in [0, 0.05) is 42.2 Å². The average Bonchev–Trinajstić information content (AvgIpc) is 3.12. The number of carbonyl (C=O) groups excluding carboxylic acids is 1. The largest absolute Gasteiger partial charge is 0.301 e. The number of nitrogens with one attached hydrogen (secondary N) is 2. The van der Waals surface area contributed by atoms with Crippen LogP contribution in [0.4, 0.5) is 4.39 Å². The van der Waals surface area contributed by atoms with Gasteiger partial charge in [-0.1, -0.05) is 42.5 Å². The van der Waals surface area contributed by atoms with Crippen LogP contribution in [0.1, 0.15) is 36.5 Å². The molecule has 2 heterocycles. The highest BCUT2D eigenvalue weighted by molar-refractivity contribution is 5.98. The second-order valence-corrected chi connectivity index (χ2v) is 8.15. The number of ketones is 1. The molecule has 3 atom stereocenters. The van der Waals surface area contributed by atoms with E-state index in [0.717, 1.165) is 44.5 Å². The minimum absolute atomic E-state index is 0.0532. The van der Waals surface area contributed by atoms with Crippen LogP contribution in [0.3, 0.4) is 0 Å². The van der Waals surface area contributed by atoms with Crippen LogP contribution in [-0.4, -0.2) is 42.4 Å². The van der Waals surface area contributed by atoms with Crippen LogP contribution in [0.25, 0.3) is 11.1 Å². The van der Waals surface area contributed by atoms with Crippen LogP contribution < -0.4 is 10.9 Å². The first-order valence-electron chi connectivity index (χ1n) is 10.2. The molecule has 0 bridgehead atoms. The van der Waals surface area contributed by atoms with Gasteiger partial charge in [0.15, 0.2) is 5.78 Å². The summed E-state index contributed by atoms with van der Waals surface area (Å²) in [6.45, 7) is 4.90. The molecule has 0 saturated carbocycles. The van der Waals surface area contributed by atoms with Gasteiger partial charge in [-0.15, -0.1) is 0 Å². The predicted molar refractivity (Wildman–Crippen MR) is 109 cm³/mol. The fourth-order valence-corrected chi connectivity index (χ4v) is 4.43. The van der Waals surface area contributed by atoms with E-state index in [1.54, 1.807) is 12.1 Å². The summed E-state index contributed by atoms with van der Waals surface area (Å²) < 4.78 is 14.7. The number of carbonyl (C=O) groups is 1. The maximum absolute atomic E-state index is 14.7. The molecule has 0 radical (unpaired) electrons. The van der Waals surface area contributed by atoms with E-state index in [1.807, 2.05) is 30.3 Å². The molecule has 4 nitrogen and oxygen atoms in total. The molecule has 2 saturated heterocycles. The van der Waals surface area contributed by atoms with Gasteiger partial charge in [-0.25, -0.2) is 4.39 Å². The third-order valence-electron chi connectivity index (χ3n) is 5.87. The normalized spacial score (nSPS) is 25.7. The van der Waals surface area contributed by atoms with Crippen LogP contribution in [0.2, 0.25) is 0 Å². The van der Waals surface area contributed by atoms with Crippen molar-refractivity contribution < 1.29 is 9.18 Å². The summed E-state index contributed by atoms with van der Waals surface area (Å²) in [7, 11) is 0. The van der Waals surface area contributed by atoms with Crippen molar-refractivity contribution in [2.75, 3.05) is 19.6 Å². The molecule has 2 N–H and O–H groups in total. The minimum atomic E-state index is -0.333. The summed E-state index contributed by atoms with van der Waals surface area (Å²) in [5.74, 6) is -0.323. The Morgan fingerprint density at radius 1 is 1.18 bits per heavy atom. The van der Waals surface area contributed by atoms with Gasteiger partial charge in [-0.05, 0) is 44.4 Å². The van der Waals surface area contributed by atoms with Crippen LogP contribution in [0.15, 0.2) is 48.5 Å². The highest BCUT2D eigenvalue weighted by Crippen LogP contribution is 2.26. The monoisotopic (exact) mass is 381 g/mol. The van der Waals surface area contributed by atoms with Crippen molar-refractivity contribution in [2.24, 2.45) is 5.92 Å². The predicted octanol–water partition coefficient (Wildman–Crippen LogP) is 3.64. The molecule has 2 fully saturated rings. The number of rotatable bonds is 5. The van der Waals surface area contributed by atoms with Crippen molar-refractivity contribution in [1.29, 1.82) is 0 Å². The molecule has 2 aliphatic rings. The van der Waals surface area contributed by atoms with E-state index in [0.29, 0.717) is 23.2 Å². The van der Waals surface area contributed by atoms with Gasteiger partial charge >= 0.3 is 0 Å². The van der Waals surface area contributed by atoms with E-state index in [4.69, 9.17) is 0 Å². The number of hydrazine groups is 1. The number of Topliss-reactive ketones (excluding diaryl/α,β-unsaturated/α-hetero) is 1. The van der Waals surface area contributed by atoms with Crippen molar-refractivity contribution in [3.63, 3.8) is 0 Å². The maximum Gasteiger partial charge on any atom is 0.167 e. The molecular weight excluding hydrogens is 353 g/mol. The number of halogens is 1. The summed E-state index contributed by atoms with van der Waals surface area (Å²) in [6, 6.07) is 15.3. The van der Waals surface area contributed by atoms with Crippen molar-refractivity contribution in [2.45, 2.75) is 38.3 Å². The van der Waals surface area contributed by atoms with Gasteiger partial charge in [0.1, 0.15) is 5.82 Å². The number of piperidine rings is 1. The van der Waals surface area contributed by atoms with E-state index in [9.17, 15) is 9.18 Å². The second-order valence-electron chi connectivity index (χ2n) is 8.15. The van der Waals surface area contributed by atoms with E-state index >= 15 is 0 Å². The van der Waals surface area contributed by atoms with Gasteiger partial charge in [-0.2, -0.15) is 0 Å². The molecule has 5 heteroatoms. The standard InChI is InChI=1S/C23H28FN3O/c1-16-12-20(26-25-16)15-27-11-5-8-19(14-27)23(28)18-9-10-21(22(24)13-18)17-6-3-2-4-7-17/h2-4,6-7,9-10,13,16,19-20,25-26H,5,8,11-12,14-15H2,1H3. The summed E-state index contributed by atoms with van der Waals surface area (Å²) in [5.41, 5.74) is 8.44. The maximum atomic E-state index is 14.7. The zero-order valence-corrected chi connectivity index (χ0v) is 16.3. The Labute approximate surface area is 166 Å². The molecule has 0 amide bonds. The molecular formula is C23H28FN3O. The molecule has 148 valence electrons. The molecule has 0 aromatic heterocycles. The number of benzene rings is 2. The zero-order valence-electron chi connectivity index (χ0n) is 16.3. The number of hydrogen-bond acceptors (Lipinski definition) is 4. The van der Waals surface area contributed by atoms with Gasteiger partial charge < -0.3 is 4.90 Å². The quantitative estimate of drug-likeness (QED) is 0.776. The van der Waals surface area contributed by atoms with Crippen molar-refractivity contribution >= 4 is 5.78 Å². The number of nitrogens with zero attached hydrogens (tertiary/aromatic N) is 1. The Hall–Kier alpha value is -2.08. The fourth-order valence-electron chi connectivity index (χ4n) is 4.43. The first-order valence-corrected chi connectivity index (χ1v) is 10.2. The summed E-state index contributed by atoms with van der Waals surface area (Å²) in [5, 5.41) is 0. The first kappa shape index (κ1) is 19.2. The van der Waals surface area contributed by atoms with Crippen LogP contribution >= 0.6 is 0 Å². The van der Waals surface area contributed by atoms with Gasteiger partial charge in [0.2, 0.25) is 0 Å². The highest BCUT2D eigenvalue weighted by atomic mass is 19.1. The first-order chi connectivity index (χ1) is 13.6. The van der Waals surface area contributed by atoms with E-state index in [1.165, 1.54) is 6.07 Å². The lowest BCUT2D eigenvalue weighted by Crippen LogP contribution is -2.45. The lowest BCUT2D eigenvalue weighted by molar-refractivity contribution is 0.0809. The van der Waals surface area contributed by atoms with Crippen LogP contribution in [-0.2, 0) is 0 Å². The lowest BCUT2D eigenvalue weighted by atomic mass is 9.89. The summed E-state index contributed by atoms with van der Waals surface area (Å²) >= 11 is 0. The lowest BCUT2D eigenvalue weighted by Gasteiger charge is -2.33. The molecule has 4 rings (SSSR count). The third kappa shape index (κ3) is 4.32. The van der Waals surface area contributed by atoms with Gasteiger partial charge in [0.25, 0.3) is 0 Å². The van der Waals surface area contributed by atoms with Crippen molar-refractivity contribution in [3.8, 4) is 11.1 Å². The molecule has 0 spiro atoms. The molecule has 2 aliphatic heterocycles. The molecule has 2 aromatic rings. The zero-order chi connectivity index (χ0) is 19.5. The van der Waals surface area contributed by atoms with Crippen LogP contribution in [0.5, 0.6) is 0 Å². The smallest absolute Gasteiger partial charge is 0.167 e. The van der Waals surface area contributed by atoms with Gasteiger partial charge in [0.05, 0.1) is 0 Å². The molecule has 0 aliphatic carbocycles. The Morgan fingerprint density at radius 2 is 2.00 bits per heavy atom. The highest BCUT2D eigenvalue weighted by Gasteiger charge is 2.30. The Kier molecular flexibility index (Phi) is 5.85. The third-order valence-corrected chi connectivity index (χ3v) is 5.87.